The van der Waals surface area contributed by atoms with Crippen molar-refractivity contribution in [1.29, 1.82) is 5.26 Å². The second kappa shape index (κ2) is 13.6. The molecule has 8 nitrogen and oxygen atoms in total. The summed E-state index contributed by atoms with van der Waals surface area (Å²) >= 11 is 0. The third-order valence-electron chi connectivity index (χ3n) is 8.14. The number of nitriles is 1. The summed E-state index contributed by atoms with van der Waals surface area (Å²) in [5.74, 6) is -1.77. The first-order valence-electron chi connectivity index (χ1n) is 14.6. The van der Waals surface area contributed by atoms with Gasteiger partial charge in [-0.3, -0.25) is 9.69 Å². The van der Waals surface area contributed by atoms with Gasteiger partial charge in [0.2, 0.25) is 0 Å². The smallest absolute Gasteiger partial charge is 0.326 e. The standard InChI is InChI=1S/C35H34FN3O5/c1-43-30-16-15-24(21-39-17-4-3-5-18-39)33(44-2)32(30)27-13-8-11-25-22(9-6-12-26(25)27)19-29(35(41)42)38-34(40)31-23(20-37)10-7-14-28(31)36/h6-16,29H,3-5,17-19,21H2,1-2H3,(H,38,40)(H,41,42)/t29-/m0/s1. The van der Waals surface area contributed by atoms with Crippen molar-refractivity contribution in [2.45, 2.75) is 38.3 Å². The van der Waals surface area contributed by atoms with Crippen LogP contribution in [0.15, 0.2) is 66.7 Å². The lowest BCUT2D eigenvalue weighted by atomic mass is 9.91. The lowest BCUT2D eigenvalue weighted by Gasteiger charge is -2.28. The number of nitrogens with zero attached hydrogens (tertiary/aromatic N) is 2. The highest BCUT2D eigenvalue weighted by Gasteiger charge is 2.26. The maximum Gasteiger partial charge on any atom is 0.326 e. The first-order chi connectivity index (χ1) is 21.4. The fourth-order valence-corrected chi connectivity index (χ4v) is 6.02. The lowest BCUT2D eigenvalue weighted by molar-refractivity contribution is -0.139. The van der Waals surface area contributed by atoms with Gasteiger partial charge in [0.05, 0.1) is 30.9 Å². The van der Waals surface area contributed by atoms with E-state index < -0.39 is 29.3 Å². The van der Waals surface area contributed by atoms with Gasteiger partial charge in [-0.25, -0.2) is 9.18 Å². The summed E-state index contributed by atoms with van der Waals surface area (Å²) in [5.41, 5.74) is 2.74. The number of likely N-dealkylation sites (tertiary alicyclic amines) is 1. The summed E-state index contributed by atoms with van der Waals surface area (Å²) in [6.45, 7) is 2.84. The number of hydrogen-bond acceptors (Lipinski definition) is 6. The van der Waals surface area contributed by atoms with Crippen LogP contribution in [0.25, 0.3) is 21.9 Å². The Balaban J connectivity index is 1.53. The Bertz CT molecular complexity index is 1740. The van der Waals surface area contributed by atoms with Crippen LogP contribution in [0.4, 0.5) is 4.39 Å². The molecule has 0 aromatic heterocycles. The fourth-order valence-electron chi connectivity index (χ4n) is 6.02. The van der Waals surface area contributed by atoms with Crippen LogP contribution in [0.2, 0.25) is 0 Å². The first-order valence-corrected chi connectivity index (χ1v) is 14.6. The second-order valence-electron chi connectivity index (χ2n) is 10.8. The molecule has 1 aliphatic rings. The molecule has 0 radical (unpaired) electrons. The van der Waals surface area contributed by atoms with Crippen molar-refractivity contribution in [3.63, 3.8) is 0 Å². The van der Waals surface area contributed by atoms with E-state index in [0.717, 1.165) is 58.9 Å². The van der Waals surface area contributed by atoms with E-state index in [-0.39, 0.29) is 12.0 Å². The number of piperidine rings is 1. The number of ether oxygens (including phenoxy) is 2. The topological polar surface area (TPSA) is 112 Å². The van der Waals surface area contributed by atoms with Crippen molar-refractivity contribution < 1.29 is 28.6 Å². The number of hydrogen-bond donors (Lipinski definition) is 2. The summed E-state index contributed by atoms with van der Waals surface area (Å²) < 4.78 is 26.3. The van der Waals surface area contributed by atoms with Gasteiger partial charge in [-0.1, -0.05) is 55.0 Å². The van der Waals surface area contributed by atoms with Gasteiger partial charge in [0, 0.05) is 18.5 Å². The SMILES string of the molecule is COc1ccc(CN2CCCCC2)c(OC)c1-c1cccc2c(C[C@H](NC(=O)c3c(F)cccc3C#N)C(=O)O)cccc12. The Hall–Kier alpha value is -4.94. The van der Waals surface area contributed by atoms with Gasteiger partial charge in [0.15, 0.2) is 0 Å². The maximum atomic E-state index is 14.5. The number of halogens is 1. The number of amides is 1. The largest absolute Gasteiger partial charge is 0.496 e. The average Bonchev–Trinajstić information content (AvgIpc) is 3.04. The lowest BCUT2D eigenvalue weighted by Crippen LogP contribution is -2.42. The van der Waals surface area contributed by atoms with Gasteiger partial charge >= 0.3 is 5.97 Å². The maximum absolute atomic E-state index is 14.5. The minimum absolute atomic E-state index is 0.0680. The van der Waals surface area contributed by atoms with Crippen molar-refractivity contribution in [3.05, 3.63) is 94.8 Å². The number of carboxylic acid groups (broad SMARTS) is 1. The Morgan fingerprint density at radius 1 is 0.955 bits per heavy atom. The molecule has 0 bridgehead atoms. The predicted octanol–water partition coefficient (Wildman–Crippen LogP) is 5.95. The van der Waals surface area contributed by atoms with Gasteiger partial charge in [0.1, 0.15) is 29.4 Å². The van der Waals surface area contributed by atoms with Gasteiger partial charge in [-0.05, 0) is 66.0 Å². The molecule has 0 unspecified atom stereocenters. The number of carbonyl (C=O) groups is 2. The fraction of sp³-hybridized carbons (Fsp3) is 0.286. The highest BCUT2D eigenvalue weighted by atomic mass is 19.1. The third kappa shape index (κ3) is 6.21. The summed E-state index contributed by atoms with van der Waals surface area (Å²) in [6.07, 6.45) is 3.53. The van der Waals surface area contributed by atoms with E-state index in [9.17, 15) is 24.3 Å². The molecule has 44 heavy (non-hydrogen) atoms. The van der Waals surface area contributed by atoms with Crippen molar-refractivity contribution in [2.24, 2.45) is 0 Å². The Morgan fingerprint density at radius 2 is 1.68 bits per heavy atom. The highest BCUT2D eigenvalue weighted by Crippen LogP contribution is 2.44. The number of methoxy groups -OCH3 is 2. The van der Waals surface area contributed by atoms with Gasteiger partial charge < -0.3 is 19.9 Å². The monoisotopic (exact) mass is 595 g/mol. The number of rotatable bonds is 10. The third-order valence-corrected chi connectivity index (χ3v) is 8.14. The van der Waals surface area contributed by atoms with Crippen LogP contribution in [0.1, 0.15) is 46.3 Å². The molecule has 1 aliphatic heterocycles. The molecule has 9 heteroatoms. The Labute approximate surface area is 255 Å². The van der Waals surface area contributed by atoms with Crippen molar-refractivity contribution in [2.75, 3.05) is 27.3 Å². The normalized spacial score (nSPS) is 14.0. The zero-order valence-electron chi connectivity index (χ0n) is 24.7. The number of fused-ring (bicyclic) bond motifs is 1. The number of benzene rings is 4. The summed E-state index contributed by atoms with van der Waals surface area (Å²) in [7, 11) is 3.27. The molecule has 1 atom stereocenters. The molecule has 0 saturated carbocycles. The molecule has 4 aromatic carbocycles. The molecule has 0 spiro atoms. The van der Waals surface area contributed by atoms with Crippen molar-refractivity contribution in [1.82, 2.24) is 10.2 Å². The summed E-state index contributed by atoms with van der Waals surface area (Å²) in [4.78, 5) is 27.7. The van der Waals surface area contributed by atoms with Crippen LogP contribution in [0, 0.1) is 17.1 Å². The molecule has 226 valence electrons. The highest BCUT2D eigenvalue weighted by molar-refractivity contribution is 6.02. The van der Waals surface area contributed by atoms with E-state index in [2.05, 4.69) is 10.2 Å². The van der Waals surface area contributed by atoms with E-state index in [0.29, 0.717) is 11.3 Å². The first kappa shape index (κ1) is 30.5. The predicted molar refractivity (Wildman–Crippen MR) is 165 cm³/mol. The molecular formula is C35H34FN3O5. The van der Waals surface area contributed by atoms with E-state index in [1.165, 1.54) is 31.4 Å². The van der Waals surface area contributed by atoms with Crippen LogP contribution >= 0.6 is 0 Å². The molecular weight excluding hydrogens is 561 g/mol. The number of aliphatic carboxylic acids is 1. The van der Waals surface area contributed by atoms with Crippen LogP contribution in [-0.2, 0) is 17.8 Å². The molecule has 1 heterocycles. The van der Waals surface area contributed by atoms with E-state index >= 15 is 0 Å². The average molecular weight is 596 g/mol. The van der Waals surface area contributed by atoms with Crippen molar-refractivity contribution in [3.8, 4) is 28.7 Å². The molecule has 1 fully saturated rings. The number of carbonyl (C=O) groups excluding carboxylic acids is 1. The molecule has 1 saturated heterocycles. The minimum atomic E-state index is -1.38. The van der Waals surface area contributed by atoms with E-state index in [1.54, 1.807) is 26.4 Å². The molecule has 4 aromatic rings. The van der Waals surface area contributed by atoms with E-state index in [4.69, 9.17) is 9.47 Å². The molecule has 0 aliphatic carbocycles. The molecule has 2 N–H and O–H groups in total. The summed E-state index contributed by atoms with van der Waals surface area (Å²) in [5, 5.41) is 23.4. The summed E-state index contributed by atoms with van der Waals surface area (Å²) in [6, 6.07) is 19.5. The van der Waals surface area contributed by atoms with Gasteiger partial charge in [-0.15, -0.1) is 0 Å². The molecule has 1 amide bonds. The minimum Gasteiger partial charge on any atom is -0.496 e. The quantitative estimate of drug-likeness (QED) is 0.233. The van der Waals surface area contributed by atoms with Crippen LogP contribution in [-0.4, -0.2) is 55.2 Å². The van der Waals surface area contributed by atoms with Gasteiger partial charge in [-0.2, -0.15) is 5.26 Å². The zero-order valence-corrected chi connectivity index (χ0v) is 24.7. The van der Waals surface area contributed by atoms with Crippen LogP contribution in [0.3, 0.4) is 0 Å². The Kier molecular flexibility index (Phi) is 9.41. The zero-order chi connectivity index (χ0) is 31.2. The number of nitrogens with one attached hydrogen (secondary N) is 1. The van der Waals surface area contributed by atoms with Crippen LogP contribution in [0.5, 0.6) is 11.5 Å². The van der Waals surface area contributed by atoms with Crippen LogP contribution < -0.4 is 14.8 Å². The second-order valence-corrected chi connectivity index (χ2v) is 10.8. The Morgan fingerprint density at radius 3 is 2.39 bits per heavy atom. The molecule has 5 rings (SSSR count). The van der Waals surface area contributed by atoms with Crippen molar-refractivity contribution >= 4 is 22.6 Å². The van der Waals surface area contributed by atoms with Gasteiger partial charge in [0.25, 0.3) is 5.91 Å². The number of carboxylic acids is 1. The van der Waals surface area contributed by atoms with E-state index in [1.807, 2.05) is 42.5 Å².